The molecule has 4 nitrogen and oxygen atoms in total. The van der Waals surface area contributed by atoms with E-state index in [1.54, 1.807) is 12.3 Å². The van der Waals surface area contributed by atoms with Gasteiger partial charge in [-0.15, -0.1) is 0 Å². The quantitative estimate of drug-likeness (QED) is 0.791. The number of imidazole rings is 1. The molecule has 20 heavy (non-hydrogen) atoms. The molecule has 0 saturated heterocycles. The van der Waals surface area contributed by atoms with Crippen molar-refractivity contribution in [2.45, 2.75) is 39.7 Å². The molecular formula is C15H21FN4. The molecule has 5 heteroatoms. The third kappa shape index (κ3) is 3.42. The number of aryl methyl sites for hydroxylation is 1. The summed E-state index contributed by atoms with van der Waals surface area (Å²) in [7, 11) is 0. The zero-order valence-electron chi connectivity index (χ0n) is 12.1. The molecule has 0 atom stereocenters. The summed E-state index contributed by atoms with van der Waals surface area (Å²) in [4.78, 5) is 8.60. The molecule has 0 aromatic carbocycles. The fourth-order valence-electron chi connectivity index (χ4n) is 2.16. The van der Waals surface area contributed by atoms with Crippen molar-refractivity contribution in [3.63, 3.8) is 0 Å². The van der Waals surface area contributed by atoms with Crippen LogP contribution >= 0.6 is 0 Å². The van der Waals surface area contributed by atoms with E-state index in [0.29, 0.717) is 6.54 Å². The summed E-state index contributed by atoms with van der Waals surface area (Å²) in [6.45, 7) is 5.73. The number of hydrogen-bond acceptors (Lipinski definition) is 3. The maximum absolute atomic E-state index is 13.4. The Hall–Kier alpha value is -1.75. The second kappa shape index (κ2) is 7.14. The minimum Gasteiger partial charge on any atom is -0.313 e. The Morgan fingerprint density at radius 3 is 2.85 bits per heavy atom. The molecule has 0 saturated carbocycles. The molecule has 0 amide bonds. The molecule has 2 rings (SSSR count). The highest BCUT2D eigenvalue weighted by Crippen LogP contribution is 2.16. The largest absolute Gasteiger partial charge is 0.313 e. The van der Waals surface area contributed by atoms with Crippen molar-refractivity contribution in [3.8, 4) is 5.82 Å². The second-order valence-corrected chi connectivity index (χ2v) is 4.78. The number of aromatic nitrogens is 3. The predicted octanol–water partition coefficient (Wildman–Crippen LogP) is 2.86. The molecule has 108 valence electrons. The fourth-order valence-corrected chi connectivity index (χ4v) is 2.16. The second-order valence-electron chi connectivity index (χ2n) is 4.78. The van der Waals surface area contributed by atoms with Gasteiger partial charge in [0, 0.05) is 30.9 Å². The van der Waals surface area contributed by atoms with Crippen LogP contribution in [0.3, 0.4) is 0 Å². The lowest BCUT2D eigenvalue weighted by molar-refractivity contribution is 0.608. The van der Waals surface area contributed by atoms with E-state index in [-0.39, 0.29) is 5.82 Å². The smallest absolute Gasteiger partial charge is 0.142 e. The van der Waals surface area contributed by atoms with Crippen LogP contribution in [0, 0.1) is 5.82 Å². The average Bonchev–Trinajstić information content (AvgIpc) is 2.88. The molecule has 0 aliphatic carbocycles. The number of nitrogens with zero attached hydrogens (tertiary/aromatic N) is 3. The van der Waals surface area contributed by atoms with Gasteiger partial charge in [-0.2, -0.15) is 0 Å². The first-order chi connectivity index (χ1) is 9.76. The number of hydrogen-bond donors (Lipinski definition) is 1. The van der Waals surface area contributed by atoms with E-state index in [4.69, 9.17) is 0 Å². The van der Waals surface area contributed by atoms with Crippen LogP contribution < -0.4 is 5.32 Å². The van der Waals surface area contributed by atoms with Gasteiger partial charge < -0.3 is 5.32 Å². The summed E-state index contributed by atoms with van der Waals surface area (Å²) >= 11 is 0. The average molecular weight is 276 g/mol. The molecule has 0 aliphatic heterocycles. The van der Waals surface area contributed by atoms with Crippen molar-refractivity contribution in [1.82, 2.24) is 19.9 Å². The zero-order chi connectivity index (χ0) is 14.4. The topological polar surface area (TPSA) is 42.7 Å². The molecule has 1 N–H and O–H groups in total. The van der Waals surface area contributed by atoms with Crippen LogP contribution in [0.25, 0.3) is 5.82 Å². The van der Waals surface area contributed by atoms with Gasteiger partial charge >= 0.3 is 0 Å². The number of pyridine rings is 1. The van der Waals surface area contributed by atoms with Crippen LogP contribution in [0.2, 0.25) is 0 Å². The predicted molar refractivity (Wildman–Crippen MR) is 77.3 cm³/mol. The van der Waals surface area contributed by atoms with Crippen molar-refractivity contribution in [1.29, 1.82) is 0 Å². The summed E-state index contributed by atoms with van der Waals surface area (Å²) in [5.41, 5.74) is 0.855. The number of halogens is 1. The van der Waals surface area contributed by atoms with Crippen molar-refractivity contribution < 1.29 is 4.39 Å². The highest BCUT2D eigenvalue weighted by molar-refractivity contribution is 5.35. The Labute approximate surface area is 119 Å². The van der Waals surface area contributed by atoms with Crippen molar-refractivity contribution in [3.05, 3.63) is 41.9 Å². The third-order valence-corrected chi connectivity index (χ3v) is 3.07. The minimum atomic E-state index is -0.306. The Morgan fingerprint density at radius 1 is 1.25 bits per heavy atom. The van der Waals surface area contributed by atoms with E-state index in [1.807, 2.05) is 10.8 Å². The summed E-state index contributed by atoms with van der Waals surface area (Å²) in [5.74, 6) is 1.42. The molecule has 0 bridgehead atoms. The van der Waals surface area contributed by atoms with Crippen molar-refractivity contribution in [2.24, 2.45) is 0 Å². The van der Waals surface area contributed by atoms with E-state index < -0.39 is 0 Å². The van der Waals surface area contributed by atoms with E-state index in [0.717, 1.165) is 43.0 Å². The highest BCUT2D eigenvalue weighted by Gasteiger charge is 2.11. The van der Waals surface area contributed by atoms with E-state index in [1.165, 1.54) is 6.20 Å². The van der Waals surface area contributed by atoms with Gasteiger partial charge in [0.05, 0.1) is 6.20 Å². The first kappa shape index (κ1) is 14.7. The van der Waals surface area contributed by atoms with Gasteiger partial charge in [-0.3, -0.25) is 4.57 Å². The first-order valence-electron chi connectivity index (χ1n) is 7.14. The Bertz CT molecular complexity index is 551. The van der Waals surface area contributed by atoms with Crippen LogP contribution in [0.1, 0.15) is 38.1 Å². The van der Waals surface area contributed by atoms with Gasteiger partial charge in [0.25, 0.3) is 0 Å². The normalized spacial score (nSPS) is 10.9. The summed E-state index contributed by atoms with van der Waals surface area (Å²) in [5, 5.41) is 3.29. The van der Waals surface area contributed by atoms with Crippen LogP contribution in [0.5, 0.6) is 0 Å². The van der Waals surface area contributed by atoms with Crippen molar-refractivity contribution >= 4 is 0 Å². The highest BCUT2D eigenvalue weighted by atomic mass is 19.1. The van der Waals surface area contributed by atoms with Gasteiger partial charge in [0.15, 0.2) is 0 Å². The summed E-state index contributed by atoms with van der Waals surface area (Å²) < 4.78 is 15.4. The SMILES string of the molecule is CCCNCc1cc(F)cnc1-n1ccnc1CCC. The van der Waals surface area contributed by atoms with Gasteiger partial charge in [0.1, 0.15) is 17.5 Å². The lowest BCUT2D eigenvalue weighted by Gasteiger charge is -2.12. The minimum absolute atomic E-state index is 0.306. The van der Waals surface area contributed by atoms with Crippen LogP contribution in [-0.2, 0) is 13.0 Å². The maximum Gasteiger partial charge on any atom is 0.142 e. The number of rotatable bonds is 7. The first-order valence-corrected chi connectivity index (χ1v) is 7.14. The lowest BCUT2D eigenvalue weighted by atomic mass is 10.2. The summed E-state index contributed by atoms with van der Waals surface area (Å²) in [6.07, 6.45) is 7.85. The molecule has 2 aromatic rings. The standard InChI is InChI=1S/C15H21FN4/c1-3-5-14-18-7-8-20(14)15-12(10-17-6-4-2)9-13(16)11-19-15/h7-9,11,17H,3-6,10H2,1-2H3. The van der Waals surface area contributed by atoms with Gasteiger partial charge in [-0.25, -0.2) is 14.4 Å². The zero-order valence-corrected chi connectivity index (χ0v) is 12.1. The third-order valence-electron chi connectivity index (χ3n) is 3.07. The molecular weight excluding hydrogens is 255 g/mol. The molecule has 0 aliphatic rings. The molecule has 0 fully saturated rings. The molecule has 0 spiro atoms. The maximum atomic E-state index is 13.4. The fraction of sp³-hybridized carbons (Fsp3) is 0.467. The van der Waals surface area contributed by atoms with Crippen LogP contribution in [0.15, 0.2) is 24.7 Å². The molecule has 2 heterocycles. The van der Waals surface area contributed by atoms with Gasteiger partial charge in [-0.05, 0) is 25.5 Å². The monoisotopic (exact) mass is 276 g/mol. The summed E-state index contributed by atoms with van der Waals surface area (Å²) in [6, 6.07) is 1.54. The van der Waals surface area contributed by atoms with E-state index in [2.05, 4.69) is 29.1 Å². The molecule has 0 unspecified atom stereocenters. The van der Waals surface area contributed by atoms with Crippen LogP contribution in [-0.4, -0.2) is 21.1 Å². The molecule has 2 aromatic heterocycles. The Balaban J connectivity index is 2.31. The number of nitrogens with one attached hydrogen (secondary N) is 1. The van der Waals surface area contributed by atoms with E-state index in [9.17, 15) is 4.39 Å². The Morgan fingerprint density at radius 2 is 2.10 bits per heavy atom. The lowest BCUT2D eigenvalue weighted by Crippen LogP contribution is -2.17. The van der Waals surface area contributed by atoms with Gasteiger partial charge in [-0.1, -0.05) is 13.8 Å². The van der Waals surface area contributed by atoms with Crippen LogP contribution in [0.4, 0.5) is 4.39 Å². The van der Waals surface area contributed by atoms with Gasteiger partial charge in [0.2, 0.25) is 0 Å². The Kier molecular flexibility index (Phi) is 5.24. The molecule has 0 radical (unpaired) electrons. The van der Waals surface area contributed by atoms with E-state index >= 15 is 0 Å². The van der Waals surface area contributed by atoms with Crippen molar-refractivity contribution in [2.75, 3.05) is 6.54 Å².